The number of hydrogen-bond donors (Lipinski definition) is 1. The van der Waals surface area contributed by atoms with Gasteiger partial charge in [-0.15, -0.1) is 0 Å². The van der Waals surface area contributed by atoms with Crippen molar-refractivity contribution in [1.29, 1.82) is 0 Å². The van der Waals surface area contributed by atoms with Gasteiger partial charge in [0, 0.05) is 18.8 Å². The van der Waals surface area contributed by atoms with E-state index in [1.54, 1.807) is 0 Å². The number of nitrogens with zero attached hydrogens (tertiary/aromatic N) is 1. The van der Waals surface area contributed by atoms with Crippen LogP contribution in [0.15, 0.2) is 0 Å². The first-order chi connectivity index (χ1) is 8.85. The van der Waals surface area contributed by atoms with Gasteiger partial charge < -0.3 is 10.0 Å². The number of carboxylic acids is 1. The summed E-state index contributed by atoms with van der Waals surface area (Å²) >= 11 is 0. The summed E-state index contributed by atoms with van der Waals surface area (Å²) in [5.74, 6) is -0.379. The number of carbonyl (C=O) groups is 1. The van der Waals surface area contributed by atoms with E-state index in [-0.39, 0.29) is 11.5 Å². The topological polar surface area (TPSA) is 74.7 Å². The van der Waals surface area contributed by atoms with Crippen molar-refractivity contribution in [2.24, 2.45) is 5.41 Å². The maximum atomic E-state index is 11.7. The van der Waals surface area contributed by atoms with Gasteiger partial charge in [0.2, 0.25) is 0 Å². The lowest BCUT2D eigenvalue weighted by molar-refractivity contribution is -0.148. The Balaban J connectivity index is 2.54. The largest absolute Gasteiger partial charge is 0.481 e. The molecule has 0 aliphatic carbocycles. The Morgan fingerprint density at radius 1 is 1.26 bits per heavy atom. The van der Waals surface area contributed by atoms with Crippen LogP contribution in [-0.4, -0.2) is 55.5 Å². The van der Waals surface area contributed by atoms with Crippen LogP contribution in [-0.2, 0) is 14.6 Å². The quantitative estimate of drug-likeness (QED) is 0.731. The van der Waals surface area contributed by atoms with Crippen molar-refractivity contribution in [2.45, 2.75) is 39.5 Å². The molecule has 0 aromatic heterocycles. The SMILES string of the molecule is CCCC1(C(=O)O)CCN(CCS(=O)(=O)CCC)C1. The van der Waals surface area contributed by atoms with Gasteiger partial charge >= 0.3 is 5.97 Å². The van der Waals surface area contributed by atoms with E-state index in [2.05, 4.69) is 0 Å². The zero-order valence-electron chi connectivity index (χ0n) is 11.9. The molecular weight excluding hydrogens is 266 g/mol. The number of aliphatic carboxylic acids is 1. The van der Waals surface area contributed by atoms with Crippen LogP contribution < -0.4 is 0 Å². The maximum Gasteiger partial charge on any atom is 0.310 e. The molecule has 112 valence electrons. The van der Waals surface area contributed by atoms with Crippen LogP contribution >= 0.6 is 0 Å². The molecule has 1 unspecified atom stereocenters. The molecule has 5 nitrogen and oxygen atoms in total. The summed E-state index contributed by atoms with van der Waals surface area (Å²) in [6, 6.07) is 0. The van der Waals surface area contributed by atoms with Crippen LogP contribution in [0.1, 0.15) is 39.5 Å². The summed E-state index contributed by atoms with van der Waals surface area (Å²) in [6.07, 6.45) is 2.77. The van der Waals surface area contributed by atoms with Gasteiger partial charge in [0.25, 0.3) is 0 Å². The summed E-state index contributed by atoms with van der Waals surface area (Å²) in [5, 5.41) is 9.38. The third-order valence-corrected chi connectivity index (χ3v) is 5.68. The summed E-state index contributed by atoms with van der Waals surface area (Å²) < 4.78 is 23.3. The van der Waals surface area contributed by atoms with Crippen molar-refractivity contribution in [2.75, 3.05) is 31.1 Å². The van der Waals surface area contributed by atoms with Crippen LogP contribution in [0.25, 0.3) is 0 Å². The number of likely N-dealkylation sites (tertiary alicyclic amines) is 1. The third kappa shape index (κ3) is 4.45. The van der Waals surface area contributed by atoms with E-state index in [0.29, 0.717) is 38.9 Å². The molecular formula is C13H25NO4S. The molecule has 0 aromatic rings. The molecule has 0 spiro atoms. The van der Waals surface area contributed by atoms with Crippen molar-refractivity contribution >= 4 is 15.8 Å². The number of rotatable bonds is 8. The van der Waals surface area contributed by atoms with E-state index in [1.165, 1.54) is 0 Å². The second kappa shape index (κ2) is 6.70. The molecule has 1 heterocycles. The van der Waals surface area contributed by atoms with Crippen molar-refractivity contribution in [1.82, 2.24) is 4.90 Å². The third-order valence-electron chi connectivity index (χ3n) is 3.85. The van der Waals surface area contributed by atoms with Crippen molar-refractivity contribution in [3.63, 3.8) is 0 Å². The molecule has 1 aliphatic rings. The fraction of sp³-hybridized carbons (Fsp3) is 0.923. The minimum Gasteiger partial charge on any atom is -0.481 e. The van der Waals surface area contributed by atoms with Crippen LogP contribution in [0.3, 0.4) is 0 Å². The monoisotopic (exact) mass is 291 g/mol. The van der Waals surface area contributed by atoms with Gasteiger partial charge in [0.15, 0.2) is 9.84 Å². The van der Waals surface area contributed by atoms with Gasteiger partial charge in [0.05, 0.1) is 11.2 Å². The summed E-state index contributed by atoms with van der Waals surface area (Å²) in [4.78, 5) is 13.4. The van der Waals surface area contributed by atoms with Crippen molar-refractivity contribution in [3.8, 4) is 0 Å². The first-order valence-corrected chi connectivity index (χ1v) is 8.83. The molecule has 1 atom stereocenters. The summed E-state index contributed by atoms with van der Waals surface area (Å²) in [7, 11) is -2.98. The van der Waals surface area contributed by atoms with Crippen molar-refractivity contribution < 1.29 is 18.3 Å². The Morgan fingerprint density at radius 2 is 1.95 bits per heavy atom. The molecule has 1 aliphatic heterocycles. The lowest BCUT2D eigenvalue weighted by atomic mass is 9.83. The Morgan fingerprint density at radius 3 is 2.47 bits per heavy atom. The standard InChI is InChI=1S/C13H25NO4S/c1-3-5-13(12(15)16)6-7-14(11-13)8-10-19(17,18)9-4-2/h3-11H2,1-2H3,(H,15,16). The lowest BCUT2D eigenvalue weighted by Crippen LogP contribution is -2.36. The number of sulfone groups is 1. The number of hydrogen-bond acceptors (Lipinski definition) is 4. The Hall–Kier alpha value is -0.620. The van der Waals surface area contributed by atoms with E-state index < -0.39 is 21.2 Å². The predicted octanol–water partition coefficient (Wildman–Crippen LogP) is 1.39. The van der Waals surface area contributed by atoms with Crippen LogP contribution in [0.5, 0.6) is 0 Å². The van der Waals surface area contributed by atoms with Gasteiger partial charge in [-0.2, -0.15) is 0 Å². The molecule has 19 heavy (non-hydrogen) atoms. The maximum absolute atomic E-state index is 11.7. The van der Waals surface area contributed by atoms with E-state index in [1.807, 2.05) is 18.7 Å². The van der Waals surface area contributed by atoms with Crippen LogP contribution in [0, 0.1) is 5.41 Å². The smallest absolute Gasteiger partial charge is 0.310 e. The Kier molecular flexibility index (Phi) is 5.80. The highest BCUT2D eigenvalue weighted by Gasteiger charge is 2.43. The zero-order chi connectivity index (χ0) is 14.5. The van der Waals surface area contributed by atoms with E-state index >= 15 is 0 Å². The average molecular weight is 291 g/mol. The molecule has 1 N–H and O–H groups in total. The zero-order valence-corrected chi connectivity index (χ0v) is 12.7. The van der Waals surface area contributed by atoms with Gasteiger partial charge in [0.1, 0.15) is 0 Å². The van der Waals surface area contributed by atoms with Gasteiger partial charge in [-0.25, -0.2) is 8.42 Å². The molecule has 0 amide bonds. The highest BCUT2D eigenvalue weighted by molar-refractivity contribution is 7.91. The van der Waals surface area contributed by atoms with Crippen LogP contribution in [0.4, 0.5) is 0 Å². The molecule has 1 rings (SSSR count). The number of carboxylic acid groups (broad SMARTS) is 1. The first kappa shape index (κ1) is 16.4. The normalized spacial score (nSPS) is 24.7. The molecule has 0 saturated carbocycles. The van der Waals surface area contributed by atoms with Crippen LogP contribution in [0.2, 0.25) is 0 Å². The average Bonchev–Trinajstić information content (AvgIpc) is 2.72. The highest BCUT2D eigenvalue weighted by atomic mass is 32.2. The molecule has 1 saturated heterocycles. The minimum atomic E-state index is -2.98. The highest BCUT2D eigenvalue weighted by Crippen LogP contribution is 2.35. The second-order valence-electron chi connectivity index (χ2n) is 5.51. The molecule has 6 heteroatoms. The van der Waals surface area contributed by atoms with Gasteiger partial charge in [-0.05, 0) is 25.8 Å². The van der Waals surface area contributed by atoms with E-state index in [4.69, 9.17) is 0 Å². The van der Waals surface area contributed by atoms with Gasteiger partial charge in [-0.1, -0.05) is 20.3 Å². The lowest BCUT2D eigenvalue weighted by Gasteiger charge is -2.24. The Labute approximate surface area is 115 Å². The predicted molar refractivity (Wildman–Crippen MR) is 75.0 cm³/mol. The fourth-order valence-corrected chi connectivity index (χ4v) is 4.16. The first-order valence-electron chi connectivity index (χ1n) is 7.01. The second-order valence-corrected chi connectivity index (χ2v) is 7.82. The summed E-state index contributed by atoms with van der Waals surface area (Å²) in [6.45, 7) is 5.47. The van der Waals surface area contributed by atoms with Gasteiger partial charge in [-0.3, -0.25) is 4.79 Å². The fourth-order valence-electron chi connectivity index (χ4n) is 2.79. The molecule has 0 aromatic carbocycles. The van der Waals surface area contributed by atoms with Crippen molar-refractivity contribution in [3.05, 3.63) is 0 Å². The molecule has 0 bridgehead atoms. The van der Waals surface area contributed by atoms with E-state index in [0.717, 1.165) is 6.42 Å². The Bertz CT molecular complexity index is 407. The minimum absolute atomic E-state index is 0.142. The van der Waals surface area contributed by atoms with E-state index in [9.17, 15) is 18.3 Å². The summed E-state index contributed by atoms with van der Waals surface area (Å²) in [5.41, 5.74) is -0.663. The molecule has 1 fully saturated rings. The molecule has 0 radical (unpaired) electrons.